The first-order chi connectivity index (χ1) is 11.5. The Hall–Kier alpha value is -1.69. The average Bonchev–Trinajstić information content (AvgIpc) is 2.61. The van der Waals surface area contributed by atoms with Crippen LogP contribution in [0.15, 0.2) is 23.1 Å². The normalized spacial score (nSPS) is 20.3. The monoisotopic (exact) mass is 351 g/mol. The molecular weight excluding hydrogens is 326 g/mol. The van der Waals surface area contributed by atoms with Gasteiger partial charge < -0.3 is 14.8 Å². The van der Waals surface area contributed by atoms with Crippen LogP contribution < -0.4 is 10.1 Å². The zero-order valence-corrected chi connectivity index (χ0v) is 15.3. The first-order valence-corrected chi connectivity index (χ1v) is 9.46. The summed E-state index contributed by atoms with van der Waals surface area (Å²) in [6.45, 7) is 1.88. The molecule has 0 unspecified atom stereocenters. The molecule has 0 heterocycles. The van der Waals surface area contributed by atoms with Gasteiger partial charge in [0.1, 0.15) is 11.3 Å². The minimum Gasteiger partial charge on any atom is -0.496 e. The van der Waals surface area contributed by atoms with Gasteiger partial charge in [0.2, 0.25) is 0 Å². The molecule has 6 heteroatoms. The number of benzene rings is 1. The van der Waals surface area contributed by atoms with Crippen molar-refractivity contribution in [2.75, 3.05) is 20.0 Å². The van der Waals surface area contributed by atoms with Crippen molar-refractivity contribution < 1.29 is 19.1 Å². The number of carbonyl (C=O) groups excluding carboxylic acids is 2. The summed E-state index contributed by atoms with van der Waals surface area (Å²) in [5, 5.41) is 2.97. The van der Waals surface area contributed by atoms with Gasteiger partial charge in [-0.25, -0.2) is 4.79 Å². The van der Waals surface area contributed by atoms with E-state index in [2.05, 4.69) is 12.2 Å². The van der Waals surface area contributed by atoms with Crippen LogP contribution in [0.3, 0.4) is 0 Å². The number of methoxy groups -OCH3 is 1. The highest BCUT2D eigenvalue weighted by Crippen LogP contribution is 2.26. The molecule has 1 aromatic rings. The minimum absolute atomic E-state index is 0.181. The average molecular weight is 351 g/mol. The number of hydrogen-bond acceptors (Lipinski definition) is 5. The molecule has 1 aromatic carbocycles. The first kappa shape index (κ1) is 18.6. The van der Waals surface area contributed by atoms with Crippen LogP contribution >= 0.6 is 11.8 Å². The third-order valence-electron chi connectivity index (χ3n) is 4.42. The number of carbonyl (C=O) groups is 2. The molecule has 1 amide bonds. The molecule has 0 spiro atoms. The van der Waals surface area contributed by atoms with Gasteiger partial charge in [-0.1, -0.05) is 19.8 Å². The zero-order valence-electron chi connectivity index (χ0n) is 14.5. The van der Waals surface area contributed by atoms with E-state index in [1.54, 1.807) is 23.9 Å². The highest BCUT2D eigenvalue weighted by atomic mass is 32.2. The molecule has 0 aromatic heterocycles. The Morgan fingerprint density at radius 1 is 1.29 bits per heavy atom. The maximum absolute atomic E-state index is 12.2. The van der Waals surface area contributed by atoms with Crippen LogP contribution in [0, 0.1) is 5.92 Å². The van der Waals surface area contributed by atoms with Crippen molar-refractivity contribution in [2.45, 2.75) is 43.5 Å². The Labute approximate surface area is 147 Å². The number of nitrogens with one attached hydrogen (secondary N) is 1. The van der Waals surface area contributed by atoms with Crippen LogP contribution in [0.2, 0.25) is 0 Å². The number of rotatable bonds is 6. The maximum Gasteiger partial charge on any atom is 0.342 e. The third-order valence-corrected chi connectivity index (χ3v) is 5.15. The van der Waals surface area contributed by atoms with E-state index in [-0.39, 0.29) is 18.6 Å². The fraction of sp³-hybridized carbons (Fsp3) is 0.556. The highest BCUT2D eigenvalue weighted by molar-refractivity contribution is 7.98. The minimum atomic E-state index is -0.550. The first-order valence-electron chi connectivity index (χ1n) is 8.23. The van der Waals surface area contributed by atoms with Gasteiger partial charge in [0.15, 0.2) is 6.61 Å². The topological polar surface area (TPSA) is 64.6 Å². The summed E-state index contributed by atoms with van der Waals surface area (Å²) < 4.78 is 10.4. The van der Waals surface area contributed by atoms with Crippen molar-refractivity contribution in [3.63, 3.8) is 0 Å². The summed E-state index contributed by atoms with van der Waals surface area (Å²) in [7, 11) is 1.51. The van der Waals surface area contributed by atoms with Crippen LogP contribution in [0.25, 0.3) is 0 Å². The SMILES string of the molecule is COc1cc(SC)ccc1C(=O)OCC(=O)N[C@@H]1CCCC[C@H]1C. The van der Waals surface area contributed by atoms with Crippen molar-refractivity contribution in [1.29, 1.82) is 0 Å². The lowest BCUT2D eigenvalue weighted by molar-refractivity contribution is -0.125. The number of esters is 1. The summed E-state index contributed by atoms with van der Waals surface area (Å²) in [5.74, 6) is 0.124. The smallest absolute Gasteiger partial charge is 0.342 e. The Bertz CT molecular complexity index is 590. The predicted octanol–water partition coefficient (Wildman–Crippen LogP) is 3.27. The summed E-state index contributed by atoms with van der Waals surface area (Å²) >= 11 is 1.56. The largest absolute Gasteiger partial charge is 0.496 e. The molecule has 2 atom stereocenters. The van der Waals surface area contributed by atoms with E-state index < -0.39 is 5.97 Å². The molecule has 132 valence electrons. The second kappa shape index (κ2) is 8.97. The van der Waals surface area contributed by atoms with Gasteiger partial charge in [0, 0.05) is 10.9 Å². The van der Waals surface area contributed by atoms with E-state index in [4.69, 9.17) is 9.47 Å². The van der Waals surface area contributed by atoms with Crippen molar-refractivity contribution in [3.8, 4) is 5.75 Å². The molecule has 0 saturated heterocycles. The van der Waals surface area contributed by atoms with Gasteiger partial charge in [0.05, 0.1) is 7.11 Å². The van der Waals surface area contributed by atoms with Crippen LogP contribution in [0.4, 0.5) is 0 Å². The van der Waals surface area contributed by atoms with E-state index in [0.717, 1.165) is 24.2 Å². The van der Waals surface area contributed by atoms with Gasteiger partial charge in [-0.05, 0) is 43.2 Å². The van der Waals surface area contributed by atoms with Crippen molar-refractivity contribution in [2.24, 2.45) is 5.92 Å². The van der Waals surface area contributed by atoms with Gasteiger partial charge in [-0.15, -0.1) is 11.8 Å². The lowest BCUT2D eigenvalue weighted by Crippen LogP contribution is -2.42. The van der Waals surface area contributed by atoms with Crippen molar-refractivity contribution in [3.05, 3.63) is 23.8 Å². The standard InChI is InChI=1S/C18H25NO4S/c1-12-6-4-5-7-15(12)19-17(20)11-23-18(21)14-9-8-13(24-3)10-16(14)22-2/h8-10,12,15H,4-7,11H2,1-3H3,(H,19,20)/t12-,15-/m1/s1. The zero-order chi connectivity index (χ0) is 17.5. The third kappa shape index (κ3) is 4.90. The second-order valence-corrected chi connectivity index (χ2v) is 6.96. The summed E-state index contributed by atoms with van der Waals surface area (Å²) in [4.78, 5) is 25.2. The van der Waals surface area contributed by atoms with Gasteiger partial charge in [-0.3, -0.25) is 4.79 Å². The molecule has 1 N–H and O–H groups in total. The molecule has 5 nitrogen and oxygen atoms in total. The van der Waals surface area contributed by atoms with Crippen LogP contribution in [-0.4, -0.2) is 37.9 Å². The van der Waals surface area contributed by atoms with Gasteiger partial charge in [0.25, 0.3) is 5.91 Å². The molecule has 1 aliphatic rings. The summed E-state index contributed by atoms with van der Waals surface area (Å²) in [5.41, 5.74) is 0.328. The Morgan fingerprint density at radius 2 is 2.04 bits per heavy atom. The molecular formula is C18H25NO4S. The lowest BCUT2D eigenvalue weighted by Gasteiger charge is -2.29. The lowest BCUT2D eigenvalue weighted by atomic mass is 9.86. The molecule has 0 aliphatic heterocycles. The molecule has 2 rings (SSSR count). The highest BCUT2D eigenvalue weighted by Gasteiger charge is 2.23. The fourth-order valence-electron chi connectivity index (χ4n) is 2.96. The van der Waals surface area contributed by atoms with E-state index in [9.17, 15) is 9.59 Å². The van der Waals surface area contributed by atoms with Crippen molar-refractivity contribution in [1.82, 2.24) is 5.32 Å². The number of hydrogen-bond donors (Lipinski definition) is 1. The van der Waals surface area contributed by atoms with E-state index in [1.807, 2.05) is 12.3 Å². The number of thioether (sulfide) groups is 1. The molecule has 24 heavy (non-hydrogen) atoms. The van der Waals surface area contributed by atoms with Gasteiger partial charge >= 0.3 is 5.97 Å². The van der Waals surface area contributed by atoms with Crippen LogP contribution in [-0.2, 0) is 9.53 Å². The predicted molar refractivity (Wildman–Crippen MR) is 94.6 cm³/mol. The number of ether oxygens (including phenoxy) is 2. The van der Waals surface area contributed by atoms with Crippen LogP contribution in [0.1, 0.15) is 43.0 Å². The molecule has 1 aliphatic carbocycles. The summed E-state index contributed by atoms with van der Waals surface area (Å²) in [6.07, 6.45) is 6.42. The van der Waals surface area contributed by atoms with E-state index in [0.29, 0.717) is 17.2 Å². The quantitative estimate of drug-likeness (QED) is 0.629. The van der Waals surface area contributed by atoms with E-state index in [1.165, 1.54) is 13.5 Å². The van der Waals surface area contributed by atoms with E-state index >= 15 is 0 Å². The molecule has 1 fully saturated rings. The maximum atomic E-state index is 12.2. The van der Waals surface area contributed by atoms with Crippen molar-refractivity contribution >= 4 is 23.6 Å². The molecule has 0 bridgehead atoms. The fourth-order valence-corrected chi connectivity index (χ4v) is 3.38. The second-order valence-electron chi connectivity index (χ2n) is 6.08. The number of amides is 1. The van der Waals surface area contributed by atoms with Gasteiger partial charge in [-0.2, -0.15) is 0 Å². The Balaban J connectivity index is 1.89. The van der Waals surface area contributed by atoms with Crippen LogP contribution in [0.5, 0.6) is 5.75 Å². The summed E-state index contributed by atoms with van der Waals surface area (Å²) in [6, 6.07) is 5.45. The Morgan fingerprint density at radius 3 is 2.71 bits per heavy atom. The molecule has 1 saturated carbocycles. The molecule has 0 radical (unpaired) electrons. The Kier molecular flexibility index (Phi) is 6.97.